The highest BCUT2D eigenvalue weighted by Crippen LogP contribution is 2.42. The second-order valence-electron chi connectivity index (χ2n) is 5.30. The minimum absolute atomic E-state index is 0.326. The Morgan fingerprint density at radius 2 is 1.50 bits per heavy atom. The van der Waals surface area contributed by atoms with Gasteiger partial charge >= 0.3 is 0 Å². The van der Waals surface area contributed by atoms with E-state index in [0.29, 0.717) is 23.2 Å². The normalized spacial score (nSPS) is 17.6. The summed E-state index contributed by atoms with van der Waals surface area (Å²) in [5, 5.41) is 10.6. The van der Waals surface area contributed by atoms with Gasteiger partial charge in [0.05, 0.1) is 27.4 Å². The van der Waals surface area contributed by atoms with E-state index in [1.54, 1.807) is 21.3 Å². The van der Waals surface area contributed by atoms with Crippen molar-refractivity contribution in [1.29, 1.82) is 0 Å². The Morgan fingerprint density at radius 3 is 1.95 bits per heavy atom. The zero-order valence-electron chi connectivity index (χ0n) is 12.5. The van der Waals surface area contributed by atoms with E-state index in [1.807, 2.05) is 12.1 Å². The van der Waals surface area contributed by atoms with Crippen molar-refractivity contribution in [1.82, 2.24) is 0 Å². The van der Waals surface area contributed by atoms with Gasteiger partial charge in [0.25, 0.3) is 0 Å². The molecule has 0 aromatic heterocycles. The largest absolute Gasteiger partial charge is 0.493 e. The first-order valence-electron chi connectivity index (χ1n) is 7.19. The smallest absolute Gasteiger partial charge is 0.203 e. The van der Waals surface area contributed by atoms with Crippen LogP contribution in [0.4, 0.5) is 0 Å². The zero-order valence-corrected chi connectivity index (χ0v) is 12.5. The fourth-order valence-electron chi connectivity index (χ4n) is 2.99. The van der Waals surface area contributed by atoms with Crippen molar-refractivity contribution in [3.05, 3.63) is 17.7 Å². The van der Waals surface area contributed by atoms with Crippen LogP contribution in [-0.4, -0.2) is 26.4 Å². The molecule has 1 aliphatic carbocycles. The second kappa shape index (κ2) is 6.84. The van der Waals surface area contributed by atoms with Crippen LogP contribution in [-0.2, 0) is 0 Å². The van der Waals surface area contributed by atoms with Gasteiger partial charge in [-0.05, 0) is 36.5 Å². The molecule has 4 nitrogen and oxygen atoms in total. The fraction of sp³-hybridized carbons (Fsp3) is 0.625. The molecule has 0 saturated heterocycles. The predicted octanol–water partition coefficient (Wildman–Crippen LogP) is 3.33. The van der Waals surface area contributed by atoms with Crippen LogP contribution in [0.1, 0.15) is 43.8 Å². The Bertz CT molecular complexity index is 413. The molecule has 1 saturated carbocycles. The molecular weight excluding hydrogens is 256 g/mol. The van der Waals surface area contributed by atoms with Gasteiger partial charge in [-0.2, -0.15) is 0 Å². The van der Waals surface area contributed by atoms with Gasteiger partial charge in [-0.3, -0.25) is 0 Å². The first-order chi connectivity index (χ1) is 9.71. The van der Waals surface area contributed by atoms with Gasteiger partial charge in [-0.15, -0.1) is 0 Å². The molecule has 0 amide bonds. The van der Waals surface area contributed by atoms with Crippen LogP contribution in [0, 0.1) is 5.92 Å². The third-order valence-electron chi connectivity index (χ3n) is 4.12. The van der Waals surface area contributed by atoms with E-state index in [-0.39, 0.29) is 0 Å². The number of rotatable bonds is 5. The number of aliphatic hydroxyl groups excluding tert-OH is 1. The molecule has 20 heavy (non-hydrogen) atoms. The highest BCUT2D eigenvalue weighted by molar-refractivity contribution is 5.54. The van der Waals surface area contributed by atoms with Crippen molar-refractivity contribution in [3.8, 4) is 17.2 Å². The number of aliphatic hydroxyl groups is 1. The Labute approximate surface area is 120 Å². The summed E-state index contributed by atoms with van der Waals surface area (Å²) >= 11 is 0. The minimum atomic E-state index is -0.469. The van der Waals surface area contributed by atoms with Crippen LogP contribution in [0.2, 0.25) is 0 Å². The fourth-order valence-corrected chi connectivity index (χ4v) is 2.99. The number of methoxy groups -OCH3 is 3. The van der Waals surface area contributed by atoms with Crippen LogP contribution in [0.15, 0.2) is 12.1 Å². The van der Waals surface area contributed by atoms with Gasteiger partial charge in [-0.1, -0.05) is 19.3 Å². The number of hydrogen-bond donors (Lipinski definition) is 1. The number of hydrogen-bond acceptors (Lipinski definition) is 4. The summed E-state index contributed by atoms with van der Waals surface area (Å²) in [5.41, 5.74) is 0.839. The van der Waals surface area contributed by atoms with Crippen LogP contribution in [0.5, 0.6) is 17.2 Å². The molecule has 1 aliphatic rings. The molecular formula is C16H24O4. The van der Waals surface area contributed by atoms with Crippen molar-refractivity contribution in [3.63, 3.8) is 0 Å². The maximum atomic E-state index is 10.6. The number of ether oxygens (including phenoxy) is 3. The van der Waals surface area contributed by atoms with E-state index in [4.69, 9.17) is 14.2 Å². The van der Waals surface area contributed by atoms with Crippen LogP contribution in [0.3, 0.4) is 0 Å². The summed E-state index contributed by atoms with van der Waals surface area (Å²) < 4.78 is 16.0. The van der Waals surface area contributed by atoms with Crippen molar-refractivity contribution in [2.75, 3.05) is 21.3 Å². The number of benzene rings is 1. The van der Waals surface area contributed by atoms with E-state index in [2.05, 4.69) is 0 Å². The van der Waals surface area contributed by atoms with Crippen molar-refractivity contribution >= 4 is 0 Å². The second-order valence-corrected chi connectivity index (χ2v) is 5.30. The lowest BCUT2D eigenvalue weighted by Gasteiger charge is -2.27. The lowest BCUT2D eigenvalue weighted by atomic mass is 9.82. The molecule has 1 aromatic carbocycles. The molecule has 1 atom stereocenters. The first kappa shape index (κ1) is 15.0. The van der Waals surface area contributed by atoms with E-state index in [1.165, 1.54) is 19.3 Å². The lowest BCUT2D eigenvalue weighted by molar-refractivity contribution is 0.0843. The van der Waals surface area contributed by atoms with Gasteiger partial charge in [0.2, 0.25) is 5.75 Å². The summed E-state index contributed by atoms with van der Waals surface area (Å²) in [6.07, 6.45) is 5.37. The third-order valence-corrected chi connectivity index (χ3v) is 4.12. The Hall–Kier alpha value is -1.42. The molecule has 2 rings (SSSR count). The topological polar surface area (TPSA) is 47.9 Å². The van der Waals surface area contributed by atoms with E-state index in [9.17, 15) is 5.11 Å². The predicted molar refractivity (Wildman–Crippen MR) is 77.6 cm³/mol. The van der Waals surface area contributed by atoms with Gasteiger partial charge in [0.1, 0.15) is 0 Å². The first-order valence-corrected chi connectivity index (χ1v) is 7.19. The average Bonchev–Trinajstić information content (AvgIpc) is 2.53. The van der Waals surface area contributed by atoms with E-state index in [0.717, 1.165) is 18.4 Å². The molecule has 1 aromatic rings. The van der Waals surface area contributed by atoms with Gasteiger partial charge in [0, 0.05) is 0 Å². The summed E-state index contributed by atoms with van der Waals surface area (Å²) in [6.45, 7) is 0. The maximum absolute atomic E-state index is 10.6. The minimum Gasteiger partial charge on any atom is -0.493 e. The summed E-state index contributed by atoms with van der Waals surface area (Å²) in [7, 11) is 4.76. The molecule has 0 heterocycles. The van der Waals surface area contributed by atoms with Crippen LogP contribution >= 0.6 is 0 Å². The molecule has 0 bridgehead atoms. The highest BCUT2D eigenvalue weighted by atomic mass is 16.5. The molecule has 0 aliphatic heterocycles. The Balaban J connectivity index is 2.30. The zero-order chi connectivity index (χ0) is 14.5. The maximum Gasteiger partial charge on any atom is 0.203 e. The quantitative estimate of drug-likeness (QED) is 0.898. The third kappa shape index (κ3) is 3.01. The molecule has 1 fully saturated rings. The summed E-state index contributed by atoms with van der Waals surface area (Å²) in [5.74, 6) is 2.08. The monoisotopic (exact) mass is 280 g/mol. The lowest BCUT2D eigenvalue weighted by Crippen LogP contribution is -2.16. The van der Waals surface area contributed by atoms with Crippen molar-refractivity contribution < 1.29 is 19.3 Å². The molecule has 0 spiro atoms. The van der Waals surface area contributed by atoms with E-state index >= 15 is 0 Å². The van der Waals surface area contributed by atoms with Crippen molar-refractivity contribution in [2.24, 2.45) is 5.92 Å². The summed E-state index contributed by atoms with van der Waals surface area (Å²) in [6, 6.07) is 3.70. The molecule has 1 unspecified atom stereocenters. The SMILES string of the molecule is COc1cc(C(O)C2CCCCC2)cc(OC)c1OC. The van der Waals surface area contributed by atoms with Gasteiger partial charge in [0.15, 0.2) is 11.5 Å². The van der Waals surface area contributed by atoms with E-state index < -0.39 is 6.10 Å². The Kier molecular flexibility index (Phi) is 5.12. The van der Waals surface area contributed by atoms with Gasteiger partial charge < -0.3 is 19.3 Å². The van der Waals surface area contributed by atoms with Crippen molar-refractivity contribution in [2.45, 2.75) is 38.2 Å². The molecule has 1 N–H and O–H groups in total. The molecule has 0 radical (unpaired) electrons. The van der Waals surface area contributed by atoms with Crippen LogP contribution in [0.25, 0.3) is 0 Å². The van der Waals surface area contributed by atoms with Gasteiger partial charge in [-0.25, -0.2) is 0 Å². The Morgan fingerprint density at radius 1 is 0.950 bits per heavy atom. The standard InChI is InChI=1S/C16H24O4/c1-18-13-9-12(10-14(19-2)16(13)20-3)15(17)11-7-5-4-6-8-11/h9-11,15,17H,4-8H2,1-3H3. The average molecular weight is 280 g/mol. The summed E-state index contributed by atoms with van der Waals surface area (Å²) in [4.78, 5) is 0. The van der Waals surface area contributed by atoms with Crippen LogP contribution < -0.4 is 14.2 Å². The molecule has 112 valence electrons. The molecule has 4 heteroatoms. The highest BCUT2D eigenvalue weighted by Gasteiger charge is 2.25.